The molecule has 0 aromatic carbocycles. The van der Waals surface area contributed by atoms with Gasteiger partial charge in [0, 0.05) is 14.0 Å². The van der Waals surface area contributed by atoms with Crippen LogP contribution < -0.4 is 0 Å². The van der Waals surface area contributed by atoms with Gasteiger partial charge < -0.3 is 19.8 Å². The van der Waals surface area contributed by atoms with Gasteiger partial charge >= 0.3 is 11.8 Å². The van der Waals surface area contributed by atoms with E-state index in [-0.39, 0.29) is 17.9 Å². The fourth-order valence-electron chi connectivity index (χ4n) is 1.62. The maximum atomic E-state index is 11.0. The highest BCUT2D eigenvalue weighted by molar-refractivity contribution is 5.76. The average Bonchev–Trinajstić information content (AvgIpc) is 2.47. The third-order valence-corrected chi connectivity index (χ3v) is 2.55. The van der Waals surface area contributed by atoms with Crippen LogP contribution in [0.25, 0.3) is 0 Å². The summed E-state index contributed by atoms with van der Waals surface area (Å²) in [7, 11) is 1.58. The minimum atomic E-state index is -1.08. The van der Waals surface area contributed by atoms with Gasteiger partial charge in [0.1, 0.15) is 11.6 Å². The Morgan fingerprint density at radius 3 is 2.62 bits per heavy atom. The van der Waals surface area contributed by atoms with Crippen LogP contribution in [0.3, 0.4) is 0 Å². The number of hydrogen-bond acceptors (Lipinski definition) is 4. The van der Waals surface area contributed by atoms with E-state index >= 15 is 0 Å². The number of carboxylic acid groups (broad SMARTS) is 1. The van der Waals surface area contributed by atoms with Crippen LogP contribution in [-0.4, -0.2) is 25.6 Å². The van der Waals surface area contributed by atoms with Gasteiger partial charge in [0.2, 0.25) is 5.82 Å². The molecule has 1 atom stereocenters. The molecule has 0 bridgehead atoms. The first-order valence-electron chi connectivity index (χ1n) is 4.80. The van der Waals surface area contributed by atoms with Crippen molar-refractivity contribution in [3.05, 3.63) is 21.6 Å². The molecule has 7 heteroatoms. The number of carboxylic acids is 1. The van der Waals surface area contributed by atoms with E-state index in [0.29, 0.717) is 5.82 Å². The summed E-state index contributed by atoms with van der Waals surface area (Å²) in [5.74, 6) is -1.91. The Hall–Kier alpha value is -1.92. The number of hydrogen-bond donors (Lipinski definition) is 1. The second kappa shape index (κ2) is 4.30. The molecule has 0 aliphatic heterocycles. The third-order valence-electron chi connectivity index (χ3n) is 2.55. The Balaban J connectivity index is 3.40. The molecule has 88 valence electrons. The summed E-state index contributed by atoms with van der Waals surface area (Å²) in [4.78, 5) is 24.9. The van der Waals surface area contributed by atoms with Crippen LogP contribution in [0.15, 0.2) is 0 Å². The summed E-state index contributed by atoms with van der Waals surface area (Å²) in [6.07, 6.45) is 0.287. The smallest absolute Gasteiger partial charge is 0.386 e. The molecule has 0 fully saturated rings. The number of aryl methyl sites for hydroxylation is 1. The van der Waals surface area contributed by atoms with Crippen molar-refractivity contribution in [1.29, 1.82) is 0 Å². The summed E-state index contributed by atoms with van der Waals surface area (Å²) in [5, 5.41) is 19.8. The van der Waals surface area contributed by atoms with E-state index in [9.17, 15) is 14.9 Å². The summed E-state index contributed by atoms with van der Waals surface area (Å²) < 4.78 is 1.46. The molecule has 7 nitrogen and oxygen atoms in total. The lowest BCUT2D eigenvalue weighted by Crippen LogP contribution is -2.15. The molecule has 0 saturated carbocycles. The summed E-state index contributed by atoms with van der Waals surface area (Å²) >= 11 is 0. The highest BCUT2D eigenvalue weighted by Gasteiger charge is 2.33. The Morgan fingerprint density at radius 1 is 1.69 bits per heavy atom. The number of nitrogens with zero attached hydrogens (tertiary/aromatic N) is 3. The van der Waals surface area contributed by atoms with Gasteiger partial charge in [-0.3, -0.25) is 4.79 Å². The first kappa shape index (κ1) is 12.2. The summed E-state index contributed by atoms with van der Waals surface area (Å²) in [5.41, 5.74) is 0.150. The second-order valence-electron chi connectivity index (χ2n) is 3.48. The van der Waals surface area contributed by atoms with Gasteiger partial charge in [-0.1, -0.05) is 6.92 Å². The lowest BCUT2D eigenvalue weighted by Gasteiger charge is -2.09. The van der Waals surface area contributed by atoms with E-state index in [1.165, 1.54) is 4.57 Å². The molecule has 16 heavy (non-hydrogen) atoms. The normalized spacial score (nSPS) is 12.4. The number of aliphatic carboxylic acids is 1. The Morgan fingerprint density at radius 2 is 2.25 bits per heavy atom. The predicted octanol–water partition coefficient (Wildman–Crippen LogP) is 1.21. The van der Waals surface area contributed by atoms with Crippen LogP contribution in [0, 0.1) is 17.0 Å². The molecule has 1 heterocycles. The highest BCUT2D eigenvalue weighted by atomic mass is 16.6. The Labute approximate surface area is 91.9 Å². The molecule has 0 radical (unpaired) electrons. The zero-order valence-corrected chi connectivity index (χ0v) is 9.30. The second-order valence-corrected chi connectivity index (χ2v) is 3.48. The van der Waals surface area contributed by atoms with Gasteiger partial charge in [0.05, 0.1) is 0 Å². The molecule has 1 unspecified atom stereocenters. The zero-order chi connectivity index (χ0) is 12.5. The van der Waals surface area contributed by atoms with Crippen LogP contribution in [0.2, 0.25) is 0 Å². The van der Waals surface area contributed by atoms with Gasteiger partial charge in [-0.25, -0.2) is 0 Å². The molecular weight excluding hydrogens is 214 g/mol. The molecule has 1 rings (SSSR count). The summed E-state index contributed by atoms with van der Waals surface area (Å²) in [6.45, 7) is 3.27. The minimum absolute atomic E-state index is 0.150. The van der Waals surface area contributed by atoms with Crippen molar-refractivity contribution in [3.8, 4) is 0 Å². The number of nitro groups is 1. The maximum Gasteiger partial charge on any atom is 0.386 e. The van der Waals surface area contributed by atoms with E-state index in [0.717, 1.165) is 0 Å². The number of imidazole rings is 1. The molecular formula is C9H13N3O4. The van der Waals surface area contributed by atoms with Crippen molar-refractivity contribution in [2.24, 2.45) is 7.05 Å². The monoisotopic (exact) mass is 227 g/mol. The fourth-order valence-corrected chi connectivity index (χ4v) is 1.62. The van der Waals surface area contributed by atoms with Gasteiger partial charge in [0.15, 0.2) is 0 Å². The van der Waals surface area contributed by atoms with E-state index in [1.807, 2.05) is 0 Å². The van der Waals surface area contributed by atoms with Crippen LogP contribution in [-0.2, 0) is 11.8 Å². The Bertz CT molecular complexity index is 438. The Kier molecular flexibility index (Phi) is 3.26. The van der Waals surface area contributed by atoms with Gasteiger partial charge in [-0.15, -0.1) is 0 Å². The van der Waals surface area contributed by atoms with E-state index in [4.69, 9.17) is 5.11 Å². The van der Waals surface area contributed by atoms with Gasteiger partial charge in [-0.05, 0) is 16.3 Å². The quantitative estimate of drug-likeness (QED) is 0.615. The molecule has 0 spiro atoms. The SMILES string of the molecule is CCC(C(=O)O)c1c([N+](=O)[O-])nc(C)n1C. The van der Waals surface area contributed by atoms with Crippen LogP contribution in [0.5, 0.6) is 0 Å². The first-order valence-corrected chi connectivity index (χ1v) is 4.80. The fraction of sp³-hybridized carbons (Fsp3) is 0.556. The van der Waals surface area contributed by atoms with Crippen molar-refractivity contribution in [3.63, 3.8) is 0 Å². The standard InChI is InChI=1S/C9H13N3O4/c1-4-6(9(13)14)7-8(12(15)16)10-5(2)11(7)3/h6H,4H2,1-3H3,(H,13,14). The molecule has 1 aromatic rings. The van der Waals surface area contributed by atoms with Crippen molar-refractivity contribution < 1.29 is 14.8 Å². The van der Waals surface area contributed by atoms with Gasteiger partial charge in [0.25, 0.3) is 0 Å². The van der Waals surface area contributed by atoms with Crippen molar-refractivity contribution in [2.75, 3.05) is 0 Å². The van der Waals surface area contributed by atoms with E-state index in [2.05, 4.69) is 4.98 Å². The average molecular weight is 227 g/mol. The van der Waals surface area contributed by atoms with Gasteiger partial charge in [-0.2, -0.15) is 0 Å². The highest BCUT2D eigenvalue weighted by Crippen LogP contribution is 2.28. The molecule has 0 saturated heterocycles. The topological polar surface area (TPSA) is 98.3 Å². The third kappa shape index (κ3) is 1.88. The van der Waals surface area contributed by atoms with Crippen molar-refractivity contribution in [1.82, 2.24) is 9.55 Å². The molecule has 1 aromatic heterocycles. The summed E-state index contributed by atoms with van der Waals surface area (Å²) in [6, 6.07) is 0. The van der Waals surface area contributed by atoms with Crippen LogP contribution >= 0.6 is 0 Å². The molecule has 0 aliphatic rings. The number of rotatable bonds is 4. The number of carbonyl (C=O) groups is 1. The zero-order valence-electron chi connectivity index (χ0n) is 9.30. The largest absolute Gasteiger partial charge is 0.481 e. The minimum Gasteiger partial charge on any atom is -0.481 e. The lowest BCUT2D eigenvalue weighted by atomic mass is 10.0. The van der Waals surface area contributed by atoms with Crippen LogP contribution in [0.1, 0.15) is 30.8 Å². The lowest BCUT2D eigenvalue weighted by molar-refractivity contribution is -0.390. The maximum absolute atomic E-state index is 11.0. The van der Waals surface area contributed by atoms with Crippen LogP contribution in [0.4, 0.5) is 5.82 Å². The molecule has 0 aliphatic carbocycles. The van der Waals surface area contributed by atoms with E-state index < -0.39 is 16.8 Å². The molecule has 0 amide bonds. The predicted molar refractivity (Wildman–Crippen MR) is 55.3 cm³/mol. The van der Waals surface area contributed by atoms with Crippen molar-refractivity contribution >= 4 is 11.8 Å². The number of aromatic nitrogens is 2. The van der Waals surface area contributed by atoms with E-state index in [1.54, 1.807) is 20.9 Å². The van der Waals surface area contributed by atoms with Crippen molar-refractivity contribution in [2.45, 2.75) is 26.2 Å². The molecule has 1 N–H and O–H groups in total. The first-order chi connectivity index (χ1) is 7.40.